The van der Waals surface area contributed by atoms with Gasteiger partial charge in [-0.05, 0) is 24.6 Å². The first-order valence-electron chi connectivity index (χ1n) is 11.7. The number of aromatic nitrogens is 2. The zero-order chi connectivity index (χ0) is 26.6. The second-order valence-electron chi connectivity index (χ2n) is 9.01. The molecule has 11 heteroatoms. The lowest BCUT2D eigenvalue weighted by Crippen LogP contribution is -2.57. The minimum atomic E-state index is -3.59. The van der Waals surface area contributed by atoms with E-state index >= 15 is 0 Å². The topological polar surface area (TPSA) is 84.7 Å². The number of ether oxygens (including phenoxy) is 1. The van der Waals surface area contributed by atoms with Crippen LogP contribution in [-0.4, -0.2) is 61.4 Å². The van der Waals surface area contributed by atoms with E-state index in [0.717, 1.165) is 22.4 Å². The zero-order valence-electron chi connectivity index (χ0n) is 20.4. The molecule has 0 radical (unpaired) electrons. The standard InChI is InChI=1S/C26H28F2N4O4S/c1-19(2)16-36-17-25-15-30(37(34,35)18-20-6-4-3-5-7-20)8-9-31(25)24-13-26(33)32(29-14-24)23-11-21(27)10-22(28)12-23/h3-7,10-14,25H,1,8-9,15-18H2,2H3. The van der Waals surface area contributed by atoms with E-state index in [1.165, 1.54) is 16.6 Å². The van der Waals surface area contributed by atoms with Crippen molar-refractivity contribution < 1.29 is 21.9 Å². The van der Waals surface area contributed by atoms with Crippen molar-refractivity contribution in [3.05, 3.63) is 100 Å². The number of rotatable bonds is 9. The molecule has 1 aliphatic rings. The summed E-state index contributed by atoms with van der Waals surface area (Å²) in [6.07, 6.45) is 1.42. The third kappa shape index (κ3) is 6.68. The van der Waals surface area contributed by atoms with E-state index in [-0.39, 0.29) is 31.1 Å². The van der Waals surface area contributed by atoms with Gasteiger partial charge in [0, 0.05) is 31.8 Å². The van der Waals surface area contributed by atoms with Gasteiger partial charge in [0.15, 0.2) is 0 Å². The molecule has 1 atom stereocenters. The molecule has 1 aromatic heterocycles. The summed E-state index contributed by atoms with van der Waals surface area (Å²) < 4.78 is 61.7. The molecular weight excluding hydrogens is 502 g/mol. The van der Waals surface area contributed by atoms with Crippen molar-refractivity contribution in [1.82, 2.24) is 14.1 Å². The van der Waals surface area contributed by atoms with Crippen molar-refractivity contribution in [1.29, 1.82) is 0 Å². The molecule has 0 spiro atoms. The fraction of sp³-hybridized carbons (Fsp3) is 0.308. The maximum atomic E-state index is 13.6. The van der Waals surface area contributed by atoms with Crippen molar-refractivity contribution in [3.8, 4) is 5.69 Å². The number of nitrogens with zero attached hydrogens (tertiary/aromatic N) is 4. The van der Waals surface area contributed by atoms with Gasteiger partial charge in [-0.15, -0.1) is 0 Å². The fourth-order valence-corrected chi connectivity index (χ4v) is 5.77. The second kappa shape index (κ2) is 11.3. The summed E-state index contributed by atoms with van der Waals surface area (Å²) in [5.41, 5.74) is 1.36. The van der Waals surface area contributed by atoms with Crippen LogP contribution in [0.3, 0.4) is 0 Å². The van der Waals surface area contributed by atoms with E-state index < -0.39 is 33.3 Å². The first-order valence-corrected chi connectivity index (χ1v) is 13.3. The van der Waals surface area contributed by atoms with Crippen LogP contribution in [0.1, 0.15) is 12.5 Å². The quantitative estimate of drug-likeness (QED) is 0.396. The van der Waals surface area contributed by atoms with Gasteiger partial charge in [0.2, 0.25) is 10.0 Å². The van der Waals surface area contributed by atoms with Crippen LogP contribution in [0.25, 0.3) is 5.69 Å². The third-order valence-electron chi connectivity index (χ3n) is 5.90. The largest absolute Gasteiger partial charge is 0.375 e. The van der Waals surface area contributed by atoms with Gasteiger partial charge in [-0.25, -0.2) is 17.2 Å². The van der Waals surface area contributed by atoms with Gasteiger partial charge >= 0.3 is 0 Å². The minimum Gasteiger partial charge on any atom is -0.375 e. The summed E-state index contributed by atoms with van der Waals surface area (Å²) in [5, 5.41) is 4.11. The Hall–Kier alpha value is -3.41. The minimum absolute atomic E-state index is 0.0350. The highest BCUT2D eigenvalue weighted by molar-refractivity contribution is 7.88. The molecule has 0 bridgehead atoms. The number of piperazine rings is 1. The van der Waals surface area contributed by atoms with E-state index in [4.69, 9.17) is 4.74 Å². The third-order valence-corrected chi connectivity index (χ3v) is 7.72. The number of hydrogen-bond acceptors (Lipinski definition) is 6. The average Bonchev–Trinajstić information content (AvgIpc) is 2.83. The molecule has 2 heterocycles. The molecule has 1 saturated heterocycles. The van der Waals surface area contributed by atoms with Gasteiger partial charge in [-0.2, -0.15) is 14.1 Å². The molecule has 1 aliphatic heterocycles. The second-order valence-corrected chi connectivity index (χ2v) is 11.0. The summed E-state index contributed by atoms with van der Waals surface area (Å²) >= 11 is 0. The molecule has 0 aliphatic carbocycles. The van der Waals surface area contributed by atoms with Crippen LogP contribution in [0.15, 0.2) is 77.7 Å². The molecule has 37 heavy (non-hydrogen) atoms. The highest BCUT2D eigenvalue weighted by atomic mass is 32.2. The van der Waals surface area contributed by atoms with Crippen LogP contribution in [-0.2, 0) is 20.5 Å². The number of sulfonamides is 1. The van der Waals surface area contributed by atoms with Crippen LogP contribution in [0.2, 0.25) is 0 Å². The van der Waals surface area contributed by atoms with Gasteiger partial charge in [0.05, 0.1) is 42.6 Å². The Morgan fingerprint density at radius 3 is 2.43 bits per heavy atom. The molecule has 1 fully saturated rings. The molecule has 0 saturated carbocycles. The van der Waals surface area contributed by atoms with Crippen molar-refractivity contribution in [2.75, 3.05) is 37.7 Å². The average molecular weight is 531 g/mol. The lowest BCUT2D eigenvalue weighted by atomic mass is 10.2. The summed E-state index contributed by atoms with van der Waals surface area (Å²) in [6.45, 7) is 6.83. The maximum absolute atomic E-state index is 13.6. The smallest absolute Gasteiger partial charge is 0.273 e. The summed E-state index contributed by atoms with van der Waals surface area (Å²) in [4.78, 5) is 14.7. The lowest BCUT2D eigenvalue weighted by Gasteiger charge is -2.41. The molecule has 0 N–H and O–H groups in total. The Morgan fingerprint density at radius 1 is 1.08 bits per heavy atom. The Morgan fingerprint density at radius 2 is 1.78 bits per heavy atom. The Kier molecular flexibility index (Phi) is 8.16. The van der Waals surface area contributed by atoms with Crippen molar-refractivity contribution in [2.24, 2.45) is 0 Å². The molecule has 8 nitrogen and oxygen atoms in total. The molecule has 1 unspecified atom stereocenters. The van der Waals surface area contributed by atoms with Crippen molar-refractivity contribution in [3.63, 3.8) is 0 Å². The van der Waals surface area contributed by atoms with E-state index in [0.29, 0.717) is 30.5 Å². The number of halogens is 2. The van der Waals surface area contributed by atoms with Crippen LogP contribution in [0.4, 0.5) is 14.5 Å². The zero-order valence-corrected chi connectivity index (χ0v) is 21.2. The maximum Gasteiger partial charge on any atom is 0.273 e. The Balaban J connectivity index is 1.57. The van der Waals surface area contributed by atoms with Crippen LogP contribution < -0.4 is 10.5 Å². The SMILES string of the molecule is C=C(C)COCC1CN(S(=O)(=O)Cc2ccccc2)CCN1c1cnn(-c2cc(F)cc(F)c2)c(=O)c1. The molecular formula is C26H28F2N4O4S. The Labute approximate surface area is 214 Å². The molecule has 196 valence electrons. The van der Waals surface area contributed by atoms with Crippen LogP contribution in [0, 0.1) is 11.6 Å². The van der Waals surface area contributed by atoms with E-state index in [1.807, 2.05) is 17.9 Å². The number of benzene rings is 2. The molecule has 2 aromatic carbocycles. The first kappa shape index (κ1) is 26.6. The Bertz CT molecular complexity index is 1410. The normalized spacial score (nSPS) is 16.6. The highest BCUT2D eigenvalue weighted by Gasteiger charge is 2.34. The predicted molar refractivity (Wildman–Crippen MR) is 137 cm³/mol. The summed E-state index contributed by atoms with van der Waals surface area (Å²) in [6, 6.07) is 12.6. The van der Waals surface area contributed by atoms with Gasteiger partial charge in [0.25, 0.3) is 5.56 Å². The monoisotopic (exact) mass is 530 g/mol. The van der Waals surface area contributed by atoms with Crippen LogP contribution >= 0.6 is 0 Å². The lowest BCUT2D eigenvalue weighted by molar-refractivity contribution is 0.124. The first-order chi connectivity index (χ1) is 17.6. The summed E-state index contributed by atoms with van der Waals surface area (Å²) in [5.74, 6) is -1.76. The summed E-state index contributed by atoms with van der Waals surface area (Å²) in [7, 11) is -3.59. The predicted octanol–water partition coefficient (Wildman–Crippen LogP) is 3.12. The highest BCUT2D eigenvalue weighted by Crippen LogP contribution is 2.23. The number of anilines is 1. The fourth-order valence-electron chi connectivity index (χ4n) is 4.22. The molecule has 0 amide bonds. The van der Waals surface area contributed by atoms with Crippen molar-refractivity contribution in [2.45, 2.75) is 18.7 Å². The van der Waals surface area contributed by atoms with Crippen LogP contribution in [0.5, 0.6) is 0 Å². The van der Waals surface area contributed by atoms with Gasteiger partial charge in [0.1, 0.15) is 11.6 Å². The van der Waals surface area contributed by atoms with E-state index in [1.54, 1.807) is 24.3 Å². The number of hydrogen-bond donors (Lipinski definition) is 0. The van der Waals surface area contributed by atoms with Gasteiger partial charge < -0.3 is 9.64 Å². The van der Waals surface area contributed by atoms with Gasteiger partial charge in [-0.3, -0.25) is 4.79 Å². The van der Waals surface area contributed by atoms with E-state index in [9.17, 15) is 22.0 Å². The molecule has 4 rings (SSSR count). The van der Waals surface area contributed by atoms with E-state index in [2.05, 4.69) is 11.7 Å². The van der Waals surface area contributed by atoms with Crippen molar-refractivity contribution >= 4 is 15.7 Å². The van der Waals surface area contributed by atoms with Gasteiger partial charge in [-0.1, -0.05) is 42.5 Å². The molecule has 3 aromatic rings.